The van der Waals surface area contributed by atoms with E-state index in [-0.39, 0.29) is 24.3 Å². The second-order valence-electron chi connectivity index (χ2n) is 9.43. The molecule has 8 heteroatoms. The van der Waals surface area contributed by atoms with Gasteiger partial charge in [0.05, 0.1) is 29.8 Å². The summed E-state index contributed by atoms with van der Waals surface area (Å²) in [4.78, 5) is 23.5. The van der Waals surface area contributed by atoms with Crippen LogP contribution in [0.25, 0.3) is 22.5 Å². The Balaban J connectivity index is 1.57. The molecule has 1 atom stereocenters. The van der Waals surface area contributed by atoms with Crippen LogP contribution in [-0.4, -0.2) is 40.1 Å². The summed E-state index contributed by atoms with van der Waals surface area (Å²) < 4.78 is 6.20. The Kier molecular flexibility index (Phi) is 8.52. The maximum atomic E-state index is 13.6. The van der Waals surface area contributed by atoms with Crippen LogP contribution in [0.1, 0.15) is 54.7 Å². The minimum absolute atomic E-state index is 0.00322. The number of amides is 1. The number of hydrogen-bond donors (Lipinski definition) is 1. The molecule has 37 heavy (non-hydrogen) atoms. The minimum atomic E-state index is -0.273. The van der Waals surface area contributed by atoms with Crippen molar-refractivity contribution in [1.29, 1.82) is 0 Å². The fraction of sp³-hybridized carbons (Fsp3) is 0.345. The Morgan fingerprint density at radius 2 is 1.51 bits per heavy atom. The number of hydrogen-bond acceptors (Lipinski definition) is 5. The van der Waals surface area contributed by atoms with Crippen LogP contribution < -0.4 is 5.43 Å². The highest BCUT2D eigenvalue weighted by Crippen LogP contribution is 2.32. The van der Waals surface area contributed by atoms with Crippen molar-refractivity contribution in [3.63, 3.8) is 0 Å². The lowest BCUT2D eigenvalue weighted by Gasteiger charge is -2.27. The van der Waals surface area contributed by atoms with Crippen molar-refractivity contribution in [2.24, 2.45) is 0 Å². The summed E-state index contributed by atoms with van der Waals surface area (Å²) in [5, 5.41) is 3.23. The van der Waals surface area contributed by atoms with Gasteiger partial charge in [-0.25, -0.2) is 15.0 Å². The molecule has 1 aliphatic heterocycles. The molecule has 6 nitrogen and oxygen atoms in total. The zero-order chi connectivity index (χ0) is 25.6. The van der Waals surface area contributed by atoms with E-state index in [1.165, 1.54) is 6.42 Å². The molecule has 0 saturated carbocycles. The molecule has 1 aromatic heterocycles. The quantitative estimate of drug-likeness (QED) is 0.333. The molecule has 3 aromatic rings. The molecule has 0 bridgehead atoms. The number of piperidine rings is 1. The molecule has 1 amide bonds. The standard InChI is InChI=1S/C29H30Cl2N4O2/c30-22-13-9-20(10-14-22)26-27(21-11-15-23(31)16-12-21)33-28(29(36)34-35-17-5-2-6-18-35)25(32-26)19-37-24-7-3-1-4-8-24/h3,7,9-16,24H,1-2,4-6,8,17-19H2,(H,34,36). The van der Waals surface area contributed by atoms with Gasteiger partial charge in [0, 0.05) is 34.3 Å². The molecule has 2 heterocycles. The summed E-state index contributed by atoms with van der Waals surface area (Å²) in [6.45, 7) is 1.84. The number of carbonyl (C=O) groups excluding carboxylic acids is 1. The van der Waals surface area contributed by atoms with Gasteiger partial charge in [0.25, 0.3) is 5.91 Å². The minimum Gasteiger partial charge on any atom is -0.368 e. The summed E-state index contributed by atoms with van der Waals surface area (Å²) in [5.74, 6) is -0.273. The van der Waals surface area contributed by atoms with Crippen LogP contribution in [0.2, 0.25) is 10.0 Å². The number of allylic oxidation sites excluding steroid dienone is 1. The van der Waals surface area contributed by atoms with Crippen molar-refractivity contribution < 1.29 is 9.53 Å². The second-order valence-corrected chi connectivity index (χ2v) is 10.3. The van der Waals surface area contributed by atoms with Crippen molar-refractivity contribution in [3.8, 4) is 22.5 Å². The first kappa shape index (κ1) is 25.9. The summed E-state index contributed by atoms with van der Waals surface area (Å²) in [6, 6.07) is 14.9. The van der Waals surface area contributed by atoms with Crippen molar-refractivity contribution in [2.45, 2.75) is 51.2 Å². The molecule has 2 aromatic carbocycles. The Labute approximate surface area is 227 Å². The molecule has 192 valence electrons. The smallest absolute Gasteiger partial charge is 0.286 e. The number of halogens is 2. The number of nitrogens with zero attached hydrogens (tertiary/aromatic N) is 3. The zero-order valence-corrected chi connectivity index (χ0v) is 22.1. The number of hydrazine groups is 1. The molecule has 0 radical (unpaired) electrons. The third-order valence-corrected chi connectivity index (χ3v) is 7.18. The Bertz CT molecular complexity index is 1260. The van der Waals surface area contributed by atoms with E-state index in [0.717, 1.165) is 56.3 Å². The van der Waals surface area contributed by atoms with Crippen LogP contribution in [0.15, 0.2) is 60.7 Å². The van der Waals surface area contributed by atoms with E-state index in [1.54, 1.807) is 0 Å². The van der Waals surface area contributed by atoms with E-state index in [1.807, 2.05) is 53.5 Å². The van der Waals surface area contributed by atoms with Crippen molar-refractivity contribution in [1.82, 2.24) is 20.4 Å². The number of rotatable bonds is 7. The number of carbonyl (C=O) groups is 1. The molecule has 1 N–H and O–H groups in total. The first-order chi connectivity index (χ1) is 18.1. The molecule has 1 unspecified atom stereocenters. The average molecular weight is 537 g/mol. The van der Waals surface area contributed by atoms with Crippen LogP contribution in [-0.2, 0) is 11.3 Å². The largest absolute Gasteiger partial charge is 0.368 e. The van der Waals surface area contributed by atoms with Crippen molar-refractivity contribution in [2.75, 3.05) is 13.1 Å². The molecule has 1 aliphatic carbocycles. The summed E-state index contributed by atoms with van der Waals surface area (Å²) in [5.41, 5.74) is 6.76. The van der Waals surface area contributed by atoms with Crippen molar-refractivity contribution >= 4 is 29.1 Å². The molecule has 1 fully saturated rings. The summed E-state index contributed by atoms with van der Waals surface area (Å²) in [7, 11) is 0. The fourth-order valence-electron chi connectivity index (χ4n) is 4.68. The topological polar surface area (TPSA) is 67.4 Å². The first-order valence-corrected chi connectivity index (χ1v) is 13.6. The summed E-state index contributed by atoms with van der Waals surface area (Å²) >= 11 is 12.3. The Morgan fingerprint density at radius 3 is 2.11 bits per heavy atom. The summed E-state index contributed by atoms with van der Waals surface area (Å²) in [6.07, 6.45) is 10.6. The molecule has 5 rings (SSSR count). The highest BCUT2D eigenvalue weighted by atomic mass is 35.5. The van der Waals surface area contributed by atoms with Gasteiger partial charge in [-0.1, -0.05) is 66.0 Å². The van der Waals surface area contributed by atoms with Crippen LogP contribution in [0.4, 0.5) is 0 Å². The maximum absolute atomic E-state index is 13.6. The van der Waals surface area contributed by atoms with Crippen molar-refractivity contribution in [3.05, 3.63) is 82.1 Å². The highest BCUT2D eigenvalue weighted by Gasteiger charge is 2.24. The molecular weight excluding hydrogens is 507 g/mol. The number of aromatic nitrogens is 2. The lowest BCUT2D eigenvalue weighted by Crippen LogP contribution is -2.45. The van der Waals surface area contributed by atoms with E-state index < -0.39 is 0 Å². The lowest BCUT2D eigenvalue weighted by molar-refractivity contribution is 0.0578. The van der Waals surface area contributed by atoms with Crippen LogP contribution in [0.5, 0.6) is 0 Å². The second kappa shape index (κ2) is 12.2. The van der Waals surface area contributed by atoms with E-state index >= 15 is 0 Å². The highest BCUT2D eigenvalue weighted by molar-refractivity contribution is 6.31. The number of nitrogens with one attached hydrogen (secondary N) is 1. The number of ether oxygens (including phenoxy) is 1. The van der Waals surface area contributed by atoms with Gasteiger partial charge in [-0.2, -0.15) is 0 Å². The third-order valence-electron chi connectivity index (χ3n) is 6.68. The first-order valence-electron chi connectivity index (χ1n) is 12.8. The van der Waals surface area contributed by atoms with Gasteiger partial charge in [0.15, 0.2) is 5.69 Å². The Hall–Kier alpha value is -2.77. The third kappa shape index (κ3) is 6.57. The van der Waals surface area contributed by atoms with Gasteiger partial charge in [0.2, 0.25) is 0 Å². The predicted octanol–water partition coefficient (Wildman–Crippen LogP) is 6.87. The van der Waals surface area contributed by atoms with Gasteiger partial charge in [-0.3, -0.25) is 10.2 Å². The van der Waals surface area contributed by atoms with E-state index in [9.17, 15) is 4.79 Å². The average Bonchev–Trinajstić information content (AvgIpc) is 2.93. The van der Waals surface area contributed by atoms with E-state index in [4.69, 9.17) is 37.9 Å². The molecule has 1 saturated heterocycles. The van der Waals surface area contributed by atoms with E-state index in [0.29, 0.717) is 27.1 Å². The van der Waals surface area contributed by atoms with Crippen LogP contribution in [0, 0.1) is 0 Å². The van der Waals surface area contributed by atoms with Gasteiger partial charge < -0.3 is 4.74 Å². The normalized spacial score (nSPS) is 18.1. The van der Waals surface area contributed by atoms with Gasteiger partial charge in [0.1, 0.15) is 0 Å². The van der Waals surface area contributed by atoms with Gasteiger partial charge in [-0.15, -0.1) is 0 Å². The zero-order valence-electron chi connectivity index (χ0n) is 20.6. The van der Waals surface area contributed by atoms with Gasteiger partial charge in [-0.05, 0) is 56.4 Å². The monoisotopic (exact) mass is 536 g/mol. The SMILES string of the molecule is O=C(NN1CCCCC1)c1nc(-c2ccc(Cl)cc2)c(-c2ccc(Cl)cc2)nc1COC1C=CCCC1. The van der Waals surface area contributed by atoms with Gasteiger partial charge >= 0.3 is 0 Å². The predicted molar refractivity (Wildman–Crippen MR) is 147 cm³/mol. The lowest BCUT2D eigenvalue weighted by atomic mass is 10.0. The van der Waals surface area contributed by atoms with E-state index in [2.05, 4.69) is 17.6 Å². The van der Waals surface area contributed by atoms with Crippen LogP contribution in [0.3, 0.4) is 0 Å². The Morgan fingerprint density at radius 1 is 0.892 bits per heavy atom. The van der Waals surface area contributed by atoms with Crippen LogP contribution >= 0.6 is 23.2 Å². The molecular formula is C29H30Cl2N4O2. The molecule has 2 aliphatic rings. The fourth-order valence-corrected chi connectivity index (χ4v) is 4.93. The maximum Gasteiger partial charge on any atom is 0.286 e. The molecule has 0 spiro atoms. The number of benzene rings is 2.